The molecule has 0 aliphatic rings. The van der Waals surface area contributed by atoms with Crippen LogP contribution < -0.4 is 14.8 Å². The summed E-state index contributed by atoms with van der Waals surface area (Å²) < 4.78 is 12.3. The first-order valence-corrected chi connectivity index (χ1v) is 8.25. The average molecular weight is 351 g/mol. The number of nitrogens with zero attached hydrogens (tertiary/aromatic N) is 2. The van der Waals surface area contributed by atoms with Gasteiger partial charge in [0.15, 0.2) is 0 Å². The van der Waals surface area contributed by atoms with Crippen LogP contribution in [0.4, 0.5) is 0 Å². The fraction of sp³-hybridized carbons (Fsp3) is 0.200. The first kappa shape index (κ1) is 17.5. The predicted molar refractivity (Wildman–Crippen MR) is 98.5 cm³/mol. The Morgan fingerprint density at radius 2 is 1.85 bits per heavy atom. The molecule has 3 aromatic rings. The molecule has 0 aliphatic carbocycles. The molecule has 3 rings (SSSR count). The fourth-order valence-corrected chi connectivity index (χ4v) is 2.61. The van der Waals surface area contributed by atoms with E-state index in [0.717, 1.165) is 17.7 Å². The van der Waals surface area contributed by atoms with Crippen LogP contribution in [0, 0.1) is 0 Å². The molecule has 26 heavy (non-hydrogen) atoms. The summed E-state index contributed by atoms with van der Waals surface area (Å²) in [6, 6.07) is 15.1. The number of ether oxygens (including phenoxy) is 2. The van der Waals surface area contributed by atoms with E-state index in [4.69, 9.17) is 9.47 Å². The van der Waals surface area contributed by atoms with Gasteiger partial charge in [-0.15, -0.1) is 0 Å². The van der Waals surface area contributed by atoms with Gasteiger partial charge in [0.1, 0.15) is 11.5 Å². The lowest BCUT2D eigenvalue weighted by atomic mass is 10.1. The molecule has 2 aromatic carbocycles. The van der Waals surface area contributed by atoms with Gasteiger partial charge in [0, 0.05) is 18.9 Å². The molecule has 134 valence electrons. The number of amides is 1. The summed E-state index contributed by atoms with van der Waals surface area (Å²) in [5.74, 6) is 0.915. The molecular weight excluding hydrogens is 330 g/mol. The van der Waals surface area contributed by atoms with Crippen LogP contribution in [-0.2, 0) is 13.1 Å². The van der Waals surface area contributed by atoms with Crippen molar-refractivity contribution in [2.45, 2.75) is 13.1 Å². The zero-order valence-electron chi connectivity index (χ0n) is 14.8. The van der Waals surface area contributed by atoms with Crippen molar-refractivity contribution in [2.75, 3.05) is 14.2 Å². The minimum atomic E-state index is -0.207. The van der Waals surface area contributed by atoms with Crippen LogP contribution in [0.2, 0.25) is 0 Å². The summed E-state index contributed by atoms with van der Waals surface area (Å²) in [6.45, 7) is 1.15. The van der Waals surface area contributed by atoms with Crippen molar-refractivity contribution in [1.82, 2.24) is 15.1 Å². The minimum Gasteiger partial charge on any atom is -0.497 e. The van der Waals surface area contributed by atoms with Crippen molar-refractivity contribution in [3.05, 3.63) is 77.6 Å². The van der Waals surface area contributed by atoms with E-state index in [1.54, 1.807) is 31.5 Å². The predicted octanol–water partition coefficient (Wildman–Crippen LogP) is 2.88. The molecular formula is C20H21N3O3. The topological polar surface area (TPSA) is 65.4 Å². The highest BCUT2D eigenvalue weighted by molar-refractivity contribution is 5.97. The highest BCUT2D eigenvalue weighted by Crippen LogP contribution is 2.23. The average Bonchev–Trinajstić information content (AvgIpc) is 3.19. The molecule has 6 nitrogen and oxygen atoms in total. The van der Waals surface area contributed by atoms with Gasteiger partial charge in [-0.1, -0.05) is 24.3 Å². The molecule has 1 aromatic heterocycles. The first-order chi connectivity index (χ1) is 12.7. The summed E-state index contributed by atoms with van der Waals surface area (Å²) >= 11 is 0. The Bertz CT molecular complexity index is 859. The molecule has 0 fully saturated rings. The van der Waals surface area contributed by atoms with Crippen LogP contribution in [-0.4, -0.2) is 29.9 Å². The van der Waals surface area contributed by atoms with Crippen LogP contribution in [0.3, 0.4) is 0 Å². The summed E-state index contributed by atoms with van der Waals surface area (Å²) in [4.78, 5) is 12.5. The van der Waals surface area contributed by atoms with E-state index in [2.05, 4.69) is 10.4 Å². The van der Waals surface area contributed by atoms with Crippen molar-refractivity contribution < 1.29 is 14.3 Å². The Morgan fingerprint density at radius 1 is 1.08 bits per heavy atom. The smallest absolute Gasteiger partial charge is 0.255 e. The van der Waals surface area contributed by atoms with Crippen molar-refractivity contribution in [3.8, 4) is 11.5 Å². The van der Waals surface area contributed by atoms with E-state index >= 15 is 0 Å². The van der Waals surface area contributed by atoms with Gasteiger partial charge in [0.25, 0.3) is 5.91 Å². The molecule has 1 amide bonds. The third kappa shape index (κ3) is 4.22. The number of carbonyl (C=O) groups excluding carboxylic acids is 1. The second kappa shape index (κ2) is 8.20. The van der Waals surface area contributed by atoms with Crippen LogP contribution in [0.15, 0.2) is 60.9 Å². The zero-order valence-corrected chi connectivity index (χ0v) is 14.8. The Morgan fingerprint density at radius 3 is 2.50 bits per heavy atom. The van der Waals surface area contributed by atoms with E-state index in [-0.39, 0.29) is 5.91 Å². The van der Waals surface area contributed by atoms with E-state index < -0.39 is 0 Å². The van der Waals surface area contributed by atoms with Gasteiger partial charge in [-0.3, -0.25) is 9.48 Å². The Balaban J connectivity index is 1.62. The molecule has 1 N–H and O–H groups in total. The third-order valence-corrected chi connectivity index (χ3v) is 4.03. The Kier molecular flexibility index (Phi) is 5.53. The maximum atomic E-state index is 12.5. The van der Waals surface area contributed by atoms with Gasteiger partial charge in [-0.05, 0) is 35.4 Å². The largest absolute Gasteiger partial charge is 0.497 e. The van der Waals surface area contributed by atoms with Gasteiger partial charge in [-0.25, -0.2) is 0 Å². The van der Waals surface area contributed by atoms with Crippen molar-refractivity contribution in [3.63, 3.8) is 0 Å². The summed E-state index contributed by atoms with van der Waals surface area (Å²) in [7, 11) is 3.10. The van der Waals surface area contributed by atoms with E-state index in [1.807, 2.05) is 41.2 Å². The second-order valence-electron chi connectivity index (χ2n) is 5.77. The SMILES string of the molecule is COc1ccc(OC)c(C(=O)NCc2ccc(Cn3cccn3)cc2)c1. The molecule has 0 radical (unpaired) electrons. The normalized spacial score (nSPS) is 10.4. The number of hydrogen-bond donors (Lipinski definition) is 1. The van der Waals surface area contributed by atoms with E-state index in [0.29, 0.717) is 23.6 Å². The van der Waals surface area contributed by atoms with Gasteiger partial charge >= 0.3 is 0 Å². The van der Waals surface area contributed by atoms with Gasteiger partial charge in [0.2, 0.25) is 0 Å². The quantitative estimate of drug-likeness (QED) is 0.711. The summed E-state index contributed by atoms with van der Waals surface area (Å²) in [5, 5.41) is 7.11. The Hall–Kier alpha value is -3.28. The molecule has 0 atom stereocenters. The molecule has 1 heterocycles. The monoisotopic (exact) mass is 351 g/mol. The molecule has 0 saturated heterocycles. The zero-order chi connectivity index (χ0) is 18.4. The highest BCUT2D eigenvalue weighted by Gasteiger charge is 2.13. The number of aromatic nitrogens is 2. The molecule has 0 unspecified atom stereocenters. The lowest BCUT2D eigenvalue weighted by Gasteiger charge is -2.11. The van der Waals surface area contributed by atoms with Crippen molar-refractivity contribution >= 4 is 5.91 Å². The first-order valence-electron chi connectivity index (χ1n) is 8.25. The standard InChI is InChI=1S/C20H21N3O3/c1-25-17-8-9-19(26-2)18(12-17)20(24)21-13-15-4-6-16(7-5-15)14-23-11-3-10-22-23/h3-12H,13-14H2,1-2H3,(H,21,24). The number of rotatable bonds is 7. The lowest BCUT2D eigenvalue weighted by molar-refractivity contribution is 0.0947. The Labute approximate surface area is 152 Å². The number of methoxy groups -OCH3 is 2. The van der Waals surface area contributed by atoms with Crippen molar-refractivity contribution in [2.24, 2.45) is 0 Å². The third-order valence-electron chi connectivity index (χ3n) is 4.03. The van der Waals surface area contributed by atoms with Crippen LogP contribution in [0.25, 0.3) is 0 Å². The van der Waals surface area contributed by atoms with Crippen LogP contribution >= 0.6 is 0 Å². The maximum absolute atomic E-state index is 12.5. The molecule has 0 aliphatic heterocycles. The minimum absolute atomic E-state index is 0.207. The highest BCUT2D eigenvalue weighted by atomic mass is 16.5. The molecule has 0 saturated carbocycles. The summed E-state index contributed by atoms with van der Waals surface area (Å²) in [6.07, 6.45) is 3.69. The lowest BCUT2D eigenvalue weighted by Crippen LogP contribution is -2.23. The number of carbonyl (C=O) groups is 1. The molecule has 6 heteroatoms. The van der Waals surface area contributed by atoms with Crippen LogP contribution in [0.1, 0.15) is 21.5 Å². The second-order valence-corrected chi connectivity index (χ2v) is 5.77. The van der Waals surface area contributed by atoms with Gasteiger partial charge < -0.3 is 14.8 Å². The summed E-state index contributed by atoms with van der Waals surface area (Å²) in [5.41, 5.74) is 2.62. The van der Waals surface area contributed by atoms with Crippen molar-refractivity contribution in [1.29, 1.82) is 0 Å². The van der Waals surface area contributed by atoms with Gasteiger partial charge in [0.05, 0.1) is 26.3 Å². The fourth-order valence-electron chi connectivity index (χ4n) is 2.61. The number of nitrogens with one attached hydrogen (secondary N) is 1. The number of hydrogen-bond acceptors (Lipinski definition) is 4. The van der Waals surface area contributed by atoms with E-state index in [1.165, 1.54) is 7.11 Å². The molecule has 0 spiro atoms. The number of benzene rings is 2. The van der Waals surface area contributed by atoms with E-state index in [9.17, 15) is 4.79 Å². The van der Waals surface area contributed by atoms with Crippen LogP contribution in [0.5, 0.6) is 11.5 Å². The molecule has 0 bridgehead atoms. The van der Waals surface area contributed by atoms with Gasteiger partial charge in [-0.2, -0.15) is 5.10 Å². The maximum Gasteiger partial charge on any atom is 0.255 e.